The van der Waals surface area contributed by atoms with Gasteiger partial charge in [0, 0.05) is 31.2 Å². The minimum Gasteiger partial charge on any atom is -0.493 e. The molecule has 2 aliphatic rings. The third-order valence-electron chi connectivity index (χ3n) is 3.94. The lowest BCUT2D eigenvalue weighted by molar-refractivity contribution is -0.134. The maximum atomic E-state index is 12.7. The number of rotatable bonds is 1. The molecule has 0 aliphatic carbocycles. The first kappa shape index (κ1) is 12.5. The second-order valence-electron chi connectivity index (χ2n) is 5.37. The summed E-state index contributed by atoms with van der Waals surface area (Å²) in [6, 6.07) is 8.29. The third-order valence-corrected chi connectivity index (χ3v) is 3.94. The summed E-state index contributed by atoms with van der Waals surface area (Å²) in [6.45, 7) is 5.26. The van der Waals surface area contributed by atoms with Crippen molar-refractivity contribution < 1.29 is 9.53 Å². The Kier molecular flexibility index (Phi) is 3.42. The monoisotopic (exact) mass is 260 g/mol. The predicted molar refractivity (Wildman–Crippen MR) is 73.3 cm³/mol. The average molecular weight is 260 g/mol. The fourth-order valence-electron chi connectivity index (χ4n) is 2.95. The zero-order chi connectivity index (χ0) is 13.2. The van der Waals surface area contributed by atoms with Gasteiger partial charge in [-0.15, -0.1) is 0 Å². The van der Waals surface area contributed by atoms with E-state index in [-0.39, 0.29) is 11.8 Å². The Morgan fingerprint density at radius 3 is 3.11 bits per heavy atom. The summed E-state index contributed by atoms with van der Waals surface area (Å²) in [5.41, 5.74) is 1.05. The molecule has 2 heterocycles. The number of amides is 1. The van der Waals surface area contributed by atoms with Crippen LogP contribution in [0.2, 0.25) is 0 Å². The smallest absolute Gasteiger partial charge is 0.230 e. The van der Waals surface area contributed by atoms with E-state index in [1.165, 1.54) is 0 Å². The summed E-state index contributed by atoms with van der Waals surface area (Å²) in [5, 5.41) is 3.37. The molecule has 1 unspecified atom stereocenters. The van der Waals surface area contributed by atoms with Crippen LogP contribution in [0.4, 0.5) is 0 Å². The fourth-order valence-corrected chi connectivity index (χ4v) is 2.95. The molecule has 2 aliphatic heterocycles. The number of piperazine rings is 1. The Hall–Kier alpha value is -1.55. The number of benzene rings is 1. The Morgan fingerprint density at radius 1 is 1.42 bits per heavy atom. The van der Waals surface area contributed by atoms with Gasteiger partial charge in [0.1, 0.15) is 5.75 Å². The highest BCUT2D eigenvalue weighted by Crippen LogP contribution is 2.34. The van der Waals surface area contributed by atoms with E-state index in [0.29, 0.717) is 12.6 Å². The number of hydrogen-bond acceptors (Lipinski definition) is 3. The number of carbonyl (C=O) groups excluding carboxylic acids is 1. The highest BCUT2D eigenvalue weighted by atomic mass is 16.5. The molecular weight excluding hydrogens is 240 g/mol. The van der Waals surface area contributed by atoms with Crippen molar-refractivity contribution in [1.82, 2.24) is 10.2 Å². The van der Waals surface area contributed by atoms with E-state index in [4.69, 9.17) is 4.74 Å². The predicted octanol–water partition coefficient (Wildman–Crippen LogP) is 1.37. The summed E-state index contributed by atoms with van der Waals surface area (Å²) in [7, 11) is 0. The van der Waals surface area contributed by atoms with Gasteiger partial charge in [-0.2, -0.15) is 0 Å². The third kappa shape index (κ3) is 2.45. The van der Waals surface area contributed by atoms with Crippen LogP contribution in [0.5, 0.6) is 5.75 Å². The van der Waals surface area contributed by atoms with Crippen LogP contribution in [0.1, 0.15) is 24.8 Å². The number of para-hydroxylation sites is 1. The van der Waals surface area contributed by atoms with Gasteiger partial charge in [0.15, 0.2) is 0 Å². The maximum Gasteiger partial charge on any atom is 0.230 e. The summed E-state index contributed by atoms with van der Waals surface area (Å²) in [6.07, 6.45) is 0.786. The van der Waals surface area contributed by atoms with Crippen LogP contribution in [-0.2, 0) is 4.79 Å². The molecule has 4 heteroatoms. The molecule has 102 valence electrons. The highest BCUT2D eigenvalue weighted by molar-refractivity contribution is 5.85. The first-order valence-corrected chi connectivity index (χ1v) is 6.99. The number of hydrogen-bond donors (Lipinski definition) is 1. The van der Waals surface area contributed by atoms with Crippen LogP contribution in [0.25, 0.3) is 0 Å². The number of nitrogens with zero attached hydrogens (tertiary/aromatic N) is 1. The van der Waals surface area contributed by atoms with Crippen molar-refractivity contribution in [3.8, 4) is 5.75 Å². The largest absolute Gasteiger partial charge is 0.493 e. The van der Waals surface area contributed by atoms with Crippen molar-refractivity contribution in [2.24, 2.45) is 0 Å². The van der Waals surface area contributed by atoms with Crippen LogP contribution in [0.15, 0.2) is 24.3 Å². The molecule has 1 aromatic carbocycles. The molecule has 4 nitrogen and oxygen atoms in total. The van der Waals surface area contributed by atoms with E-state index in [1.807, 2.05) is 29.2 Å². The molecule has 0 spiro atoms. The van der Waals surface area contributed by atoms with Gasteiger partial charge >= 0.3 is 0 Å². The first-order valence-electron chi connectivity index (χ1n) is 6.99. The van der Waals surface area contributed by atoms with Crippen molar-refractivity contribution >= 4 is 5.91 Å². The normalized spacial score (nSPS) is 26.5. The summed E-state index contributed by atoms with van der Waals surface area (Å²) in [4.78, 5) is 14.7. The maximum absolute atomic E-state index is 12.7. The van der Waals surface area contributed by atoms with Crippen molar-refractivity contribution in [3.05, 3.63) is 29.8 Å². The second-order valence-corrected chi connectivity index (χ2v) is 5.37. The molecule has 19 heavy (non-hydrogen) atoms. The van der Waals surface area contributed by atoms with E-state index in [2.05, 4.69) is 12.2 Å². The first-order chi connectivity index (χ1) is 9.25. The molecule has 1 N–H and O–H groups in total. The minimum absolute atomic E-state index is 0.0322. The molecule has 2 atom stereocenters. The van der Waals surface area contributed by atoms with Gasteiger partial charge in [-0.25, -0.2) is 0 Å². The number of carbonyl (C=O) groups is 1. The Morgan fingerprint density at radius 2 is 2.26 bits per heavy atom. The molecule has 1 fully saturated rings. The number of nitrogens with one attached hydrogen (secondary N) is 1. The standard InChI is InChI=1S/C15H20N2O2/c1-11-10-17(8-7-16-11)15(18)13-6-9-19-14-5-3-2-4-12(13)14/h2-5,11,13,16H,6-10H2,1H3/t11-,13?/m0/s1. The van der Waals surface area contributed by atoms with Crippen molar-refractivity contribution in [2.75, 3.05) is 26.2 Å². The summed E-state index contributed by atoms with van der Waals surface area (Å²) < 4.78 is 5.63. The SMILES string of the molecule is C[C@H]1CN(C(=O)C2CCOc3ccccc32)CCN1. The van der Waals surface area contributed by atoms with E-state index in [1.54, 1.807) is 0 Å². The van der Waals surface area contributed by atoms with Crippen LogP contribution in [-0.4, -0.2) is 43.1 Å². The van der Waals surface area contributed by atoms with E-state index >= 15 is 0 Å². The lowest BCUT2D eigenvalue weighted by Crippen LogP contribution is -2.52. The molecule has 0 radical (unpaired) electrons. The topological polar surface area (TPSA) is 41.6 Å². The molecule has 1 amide bonds. The lowest BCUT2D eigenvalue weighted by atomic mass is 9.91. The molecule has 3 rings (SSSR count). The highest BCUT2D eigenvalue weighted by Gasteiger charge is 2.32. The molecule has 0 saturated carbocycles. The van der Waals surface area contributed by atoms with Gasteiger partial charge in [-0.3, -0.25) is 4.79 Å². The van der Waals surface area contributed by atoms with E-state index < -0.39 is 0 Å². The molecule has 0 bridgehead atoms. The summed E-state index contributed by atoms with van der Waals surface area (Å²) in [5.74, 6) is 1.09. The van der Waals surface area contributed by atoms with Gasteiger partial charge in [-0.05, 0) is 19.4 Å². The van der Waals surface area contributed by atoms with Crippen molar-refractivity contribution in [3.63, 3.8) is 0 Å². The van der Waals surface area contributed by atoms with Gasteiger partial charge in [0.05, 0.1) is 12.5 Å². The van der Waals surface area contributed by atoms with Crippen molar-refractivity contribution in [2.45, 2.75) is 25.3 Å². The molecule has 1 saturated heterocycles. The Bertz CT molecular complexity index is 475. The van der Waals surface area contributed by atoms with Crippen LogP contribution in [0.3, 0.4) is 0 Å². The van der Waals surface area contributed by atoms with E-state index in [0.717, 1.165) is 37.4 Å². The van der Waals surface area contributed by atoms with Crippen LogP contribution in [0, 0.1) is 0 Å². The quantitative estimate of drug-likeness (QED) is 0.829. The lowest BCUT2D eigenvalue weighted by Gasteiger charge is -2.35. The molecule has 0 aromatic heterocycles. The van der Waals surface area contributed by atoms with Gasteiger partial charge in [0.25, 0.3) is 0 Å². The average Bonchev–Trinajstić information content (AvgIpc) is 2.46. The molecular formula is C15H20N2O2. The minimum atomic E-state index is -0.0322. The Labute approximate surface area is 113 Å². The van der Waals surface area contributed by atoms with Crippen LogP contribution >= 0.6 is 0 Å². The van der Waals surface area contributed by atoms with Gasteiger partial charge in [-0.1, -0.05) is 18.2 Å². The second kappa shape index (κ2) is 5.21. The zero-order valence-corrected chi connectivity index (χ0v) is 11.3. The number of fused-ring (bicyclic) bond motifs is 1. The van der Waals surface area contributed by atoms with Crippen molar-refractivity contribution in [1.29, 1.82) is 0 Å². The molecule has 1 aromatic rings. The Balaban J connectivity index is 1.81. The van der Waals surface area contributed by atoms with Gasteiger partial charge in [0.2, 0.25) is 5.91 Å². The van der Waals surface area contributed by atoms with E-state index in [9.17, 15) is 4.79 Å². The summed E-state index contributed by atoms with van der Waals surface area (Å²) >= 11 is 0. The van der Waals surface area contributed by atoms with Gasteiger partial charge < -0.3 is 15.0 Å². The van der Waals surface area contributed by atoms with Crippen LogP contribution < -0.4 is 10.1 Å². The number of ether oxygens (including phenoxy) is 1. The zero-order valence-electron chi connectivity index (χ0n) is 11.3. The fraction of sp³-hybridized carbons (Fsp3) is 0.533.